The van der Waals surface area contributed by atoms with Gasteiger partial charge in [-0.05, 0) is 37.0 Å². The average Bonchev–Trinajstić information content (AvgIpc) is 2.48. The van der Waals surface area contributed by atoms with Gasteiger partial charge in [0.05, 0.1) is 0 Å². The predicted octanol–water partition coefficient (Wildman–Crippen LogP) is 3.85. The normalized spacial score (nSPS) is 12.2. The number of ether oxygens (including phenoxy) is 1. The molecule has 2 nitrogen and oxygen atoms in total. The van der Waals surface area contributed by atoms with Gasteiger partial charge in [0.2, 0.25) is 0 Å². The summed E-state index contributed by atoms with van der Waals surface area (Å²) in [6.07, 6.45) is 1.84. The molecular formula is C18H23NO. The van der Waals surface area contributed by atoms with Crippen molar-refractivity contribution in [3.8, 4) is 5.75 Å². The first-order chi connectivity index (χ1) is 9.69. The smallest absolute Gasteiger partial charge is 0.123 e. The Morgan fingerprint density at radius 3 is 2.45 bits per heavy atom. The Labute approximate surface area is 121 Å². The van der Waals surface area contributed by atoms with Crippen LogP contribution in [-0.2, 0) is 13.0 Å². The highest BCUT2D eigenvalue weighted by Crippen LogP contribution is 2.21. The number of benzene rings is 2. The van der Waals surface area contributed by atoms with E-state index in [-0.39, 0.29) is 6.04 Å². The summed E-state index contributed by atoms with van der Waals surface area (Å²) in [5.41, 5.74) is 9.68. The van der Waals surface area contributed by atoms with E-state index in [1.165, 1.54) is 16.7 Å². The summed E-state index contributed by atoms with van der Waals surface area (Å²) in [4.78, 5) is 0. The van der Waals surface area contributed by atoms with Crippen LogP contribution in [-0.4, -0.2) is 6.04 Å². The molecule has 0 bridgehead atoms. The second-order valence-corrected chi connectivity index (χ2v) is 5.25. The molecule has 106 valence electrons. The quantitative estimate of drug-likeness (QED) is 0.864. The monoisotopic (exact) mass is 269 g/mol. The molecule has 0 amide bonds. The van der Waals surface area contributed by atoms with Crippen molar-refractivity contribution in [3.63, 3.8) is 0 Å². The van der Waals surface area contributed by atoms with Crippen LogP contribution in [0.1, 0.15) is 30.0 Å². The second kappa shape index (κ2) is 7.11. The zero-order valence-corrected chi connectivity index (χ0v) is 12.3. The third kappa shape index (κ3) is 4.10. The van der Waals surface area contributed by atoms with Crippen LogP contribution < -0.4 is 10.5 Å². The summed E-state index contributed by atoms with van der Waals surface area (Å²) in [6.45, 7) is 4.80. The summed E-state index contributed by atoms with van der Waals surface area (Å²) in [7, 11) is 0. The van der Waals surface area contributed by atoms with Gasteiger partial charge in [-0.25, -0.2) is 0 Å². The van der Waals surface area contributed by atoms with Crippen molar-refractivity contribution in [1.82, 2.24) is 0 Å². The number of aryl methyl sites for hydroxylation is 1. The fourth-order valence-electron chi connectivity index (χ4n) is 2.09. The standard InChI is InChI=1S/C18H23NO/c1-3-17(19)12-16-6-4-5-7-18(16)20-13-15-10-8-14(2)9-11-15/h4-11,17H,3,12-13,19H2,1-2H3. The van der Waals surface area contributed by atoms with Gasteiger partial charge >= 0.3 is 0 Å². The Balaban J connectivity index is 2.03. The molecule has 20 heavy (non-hydrogen) atoms. The molecule has 0 saturated carbocycles. The molecule has 0 aliphatic rings. The molecule has 0 aromatic heterocycles. The second-order valence-electron chi connectivity index (χ2n) is 5.25. The molecule has 2 aromatic carbocycles. The number of hydrogen-bond donors (Lipinski definition) is 1. The Bertz CT molecular complexity index is 533. The minimum Gasteiger partial charge on any atom is -0.489 e. The third-order valence-corrected chi connectivity index (χ3v) is 3.49. The molecular weight excluding hydrogens is 246 g/mol. The van der Waals surface area contributed by atoms with Crippen LogP contribution in [0.4, 0.5) is 0 Å². The van der Waals surface area contributed by atoms with Crippen molar-refractivity contribution >= 4 is 0 Å². The molecule has 0 aliphatic carbocycles. The lowest BCUT2D eigenvalue weighted by atomic mass is 10.0. The predicted molar refractivity (Wildman–Crippen MR) is 83.9 cm³/mol. The first-order valence-electron chi connectivity index (χ1n) is 7.21. The van der Waals surface area contributed by atoms with Gasteiger partial charge in [-0.15, -0.1) is 0 Å². The lowest BCUT2D eigenvalue weighted by molar-refractivity contribution is 0.302. The SMILES string of the molecule is CCC(N)Cc1ccccc1OCc1ccc(C)cc1. The fourth-order valence-corrected chi connectivity index (χ4v) is 2.09. The molecule has 0 aliphatic heterocycles. The molecule has 0 heterocycles. The van der Waals surface area contributed by atoms with Crippen LogP contribution in [0.25, 0.3) is 0 Å². The molecule has 2 rings (SSSR count). The molecule has 0 fully saturated rings. The summed E-state index contributed by atoms with van der Waals surface area (Å²) in [5, 5.41) is 0. The summed E-state index contributed by atoms with van der Waals surface area (Å²) in [6, 6.07) is 16.8. The molecule has 0 radical (unpaired) electrons. The van der Waals surface area contributed by atoms with Gasteiger partial charge in [0.25, 0.3) is 0 Å². The highest BCUT2D eigenvalue weighted by molar-refractivity contribution is 5.34. The maximum absolute atomic E-state index is 6.04. The number of rotatable bonds is 6. The topological polar surface area (TPSA) is 35.2 Å². The number of nitrogens with two attached hydrogens (primary N) is 1. The number of para-hydroxylation sites is 1. The highest BCUT2D eigenvalue weighted by Gasteiger charge is 2.07. The Morgan fingerprint density at radius 2 is 1.75 bits per heavy atom. The summed E-state index contributed by atoms with van der Waals surface area (Å²) in [5.74, 6) is 0.942. The fraction of sp³-hybridized carbons (Fsp3) is 0.333. The van der Waals surface area contributed by atoms with E-state index in [1.54, 1.807) is 0 Å². The Morgan fingerprint density at radius 1 is 1.05 bits per heavy atom. The van der Waals surface area contributed by atoms with Crippen molar-refractivity contribution in [2.24, 2.45) is 5.73 Å². The van der Waals surface area contributed by atoms with E-state index in [1.807, 2.05) is 18.2 Å². The van der Waals surface area contributed by atoms with Crippen LogP contribution in [0.2, 0.25) is 0 Å². The minimum absolute atomic E-state index is 0.194. The minimum atomic E-state index is 0.194. The molecule has 2 heteroatoms. The van der Waals surface area contributed by atoms with Gasteiger partial charge in [0.15, 0.2) is 0 Å². The van der Waals surface area contributed by atoms with Crippen LogP contribution in [0.3, 0.4) is 0 Å². The van der Waals surface area contributed by atoms with E-state index < -0.39 is 0 Å². The van der Waals surface area contributed by atoms with Crippen LogP contribution in [0.15, 0.2) is 48.5 Å². The molecule has 2 N–H and O–H groups in total. The first kappa shape index (κ1) is 14.6. The third-order valence-electron chi connectivity index (χ3n) is 3.49. The maximum atomic E-state index is 6.04. The van der Waals surface area contributed by atoms with Crippen LogP contribution in [0.5, 0.6) is 5.75 Å². The van der Waals surface area contributed by atoms with Gasteiger partial charge < -0.3 is 10.5 Å². The van der Waals surface area contributed by atoms with E-state index >= 15 is 0 Å². The van der Waals surface area contributed by atoms with Crippen molar-refractivity contribution < 1.29 is 4.74 Å². The zero-order valence-electron chi connectivity index (χ0n) is 12.3. The van der Waals surface area contributed by atoms with Crippen molar-refractivity contribution in [2.45, 2.75) is 39.3 Å². The van der Waals surface area contributed by atoms with Crippen molar-refractivity contribution in [1.29, 1.82) is 0 Å². The zero-order chi connectivity index (χ0) is 14.4. The lowest BCUT2D eigenvalue weighted by Crippen LogP contribution is -2.21. The van der Waals surface area contributed by atoms with Crippen LogP contribution in [0, 0.1) is 6.92 Å². The average molecular weight is 269 g/mol. The summed E-state index contributed by atoms with van der Waals surface area (Å²) < 4.78 is 5.95. The van der Waals surface area contributed by atoms with E-state index in [0.717, 1.165) is 18.6 Å². The Hall–Kier alpha value is -1.80. The molecule has 1 atom stereocenters. The number of hydrogen-bond acceptors (Lipinski definition) is 2. The first-order valence-corrected chi connectivity index (χ1v) is 7.21. The van der Waals surface area contributed by atoms with Gasteiger partial charge in [-0.1, -0.05) is 55.0 Å². The van der Waals surface area contributed by atoms with Gasteiger partial charge in [0, 0.05) is 6.04 Å². The van der Waals surface area contributed by atoms with Gasteiger partial charge in [-0.3, -0.25) is 0 Å². The Kier molecular flexibility index (Phi) is 5.19. The summed E-state index contributed by atoms with van der Waals surface area (Å²) >= 11 is 0. The van der Waals surface area contributed by atoms with Gasteiger partial charge in [-0.2, -0.15) is 0 Å². The van der Waals surface area contributed by atoms with E-state index in [9.17, 15) is 0 Å². The lowest BCUT2D eigenvalue weighted by Gasteiger charge is -2.14. The van der Waals surface area contributed by atoms with Crippen LogP contribution >= 0.6 is 0 Å². The van der Waals surface area contributed by atoms with E-state index in [4.69, 9.17) is 10.5 Å². The van der Waals surface area contributed by atoms with E-state index in [0.29, 0.717) is 6.61 Å². The highest BCUT2D eigenvalue weighted by atomic mass is 16.5. The molecule has 0 saturated heterocycles. The largest absolute Gasteiger partial charge is 0.489 e. The molecule has 2 aromatic rings. The van der Waals surface area contributed by atoms with Crippen molar-refractivity contribution in [2.75, 3.05) is 0 Å². The van der Waals surface area contributed by atoms with Gasteiger partial charge in [0.1, 0.15) is 12.4 Å². The molecule has 0 spiro atoms. The maximum Gasteiger partial charge on any atom is 0.123 e. The molecule has 1 unspecified atom stereocenters. The van der Waals surface area contributed by atoms with E-state index in [2.05, 4.69) is 44.2 Å². The van der Waals surface area contributed by atoms with Crippen molar-refractivity contribution in [3.05, 3.63) is 65.2 Å².